The summed E-state index contributed by atoms with van der Waals surface area (Å²) in [4.78, 5) is 19.0. The molecule has 0 saturated carbocycles. The molecule has 1 atom stereocenters. The van der Waals surface area contributed by atoms with Crippen molar-refractivity contribution in [3.63, 3.8) is 0 Å². The second-order valence-corrected chi connectivity index (χ2v) is 6.49. The fourth-order valence-electron chi connectivity index (χ4n) is 3.98. The van der Waals surface area contributed by atoms with Crippen molar-refractivity contribution in [2.75, 3.05) is 6.54 Å². The molecule has 0 saturated heterocycles. The highest BCUT2D eigenvalue weighted by atomic mass is 19.1. The highest BCUT2D eigenvalue weighted by Crippen LogP contribution is 2.40. The van der Waals surface area contributed by atoms with Gasteiger partial charge in [0.1, 0.15) is 11.5 Å². The third-order valence-electron chi connectivity index (χ3n) is 5.09. The quantitative estimate of drug-likeness (QED) is 0.483. The van der Waals surface area contributed by atoms with Crippen LogP contribution in [0.25, 0.3) is 21.8 Å². The van der Waals surface area contributed by atoms with E-state index in [-0.39, 0.29) is 17.6 Å². The zero-order chi connectivity index (χ0) is 17.0. The van der Waals surface area contributed by atoms with Crippen LogP contribution >= 0.6 is 0 Å². The minimum atomic E-state index is -0.254. The van der Waals surface area contributed by atoms with E-state index < -0.39 is 0 Å². The van der Waals surface area contributed by atoms with Gasteiger partial charge in [-0.05, 0) is 41.8 Å². The lowest BCUT2D eigenvalue weighted by molar-refractivity contribution is 0.0952. The van der Waals surface area contributed by atoms with Gasteiger partial charge in [0.2, 0.25) is 0 Å². The Kier molecular flexibility index (Phi) is 2.98. The predicted octanol–water partition coefficient (Wildman–Crippen LogP) is 4.05. The van der Waals surface area contributed by atoms with Crippen LogP contribution in [0.1, 0.15) is 34.0 Å². The molecule has 1 aliphatic rings. The molecule has 2 aromatic carbocycles. The van der Waals surface area contributed by atoms with E-state index in [0.29, 0.717) is 12.2 Å². The molecule has 5 rings (SSSR count). The van der Waals surface area contributed by atoms with Crippen LogP contribution in [0.4, 0.5) is 4.39 Å². The summed E-state index contributed by atoms with van der Waals surface area (Å²) in [5.41, 5.74) is 4.48. The number of para-hydroxylation sites is 1. The number of nitrogens with one attached hydrogen (secondary N) is 3. The lowest BCUT2D eigenvalue weighted by Crippen LogP contribution is -2.23. The van der Waals surface area contributed by atoms with Crippen molar-refractivity contribution in [2.24, 2.45) is 0 Å². The van der Waals surface area contributed by atoms with Crippen molar-refractivity contribution in [2.45, 2.75) is 12.3 Å². The fourth-order valence-corrected chi connectivity index (χ4v) is 3.98. The number of amides is 1. The van der Waals surface area contributed by atoms with Crippen LogP contribution in [0.3, 0.4) is 0 Å². The number of aromatic amines is 2. The van der Waals surface area contributed by atoms with Crippen molar-refractivity contribution >= 4 is 27.7 Å². The normalized spacial score (nSPS) is 17.5. The first-order valence-electron chi connectivity index (χ1n) is 8.37. The average molecular weight is 333 g/mol. The number of hydrogen-bond donors (Lipinski definition) is 3. The van der Waals surface area contributed by atoms with Crippen molar-refractivity contribution in [3.05, 3.63) is 71.3 Å². The zero-order valence-corrected chi connectivity index (χ0v) is 13.4. The number of H-pyrrole nitrogens is 2. The van der Waals surface area contributed by atoms with Crippen LogP contribution in [-0.4, -0.2) is 22.4 Å². The topological polar surface area (TPSA) is 60.7 Å². The number of carbonyl (C=O) groups excluding carboxylic acids is 1. The third-order valence-corrected chi connectivity index (χ3v) is 5.09. The van der Waals surface area contributed by atoms with Crippen LogP contribution in [0.2, 0.25) is 0 Å². The standard InChI is InChI=1S/C20H16FN3O/c21-11-5-6-16-14(9-11)15(10-23-16)12-7-8-22-20(25)19-18(12)13-3-1-2-4-17(13)24-19/h1-6,9-10,12,23-24H,7-8H2,(H,22,25). The summed E-state index contributed by atoms with van der Waals surface area (Å²) in [6.07, 6.45) is 2.71. The number of aromatic nitrogens is 2. The molecule has 1 aliphatic heterocycles. The maximum absolute atomic E-state index is 13.8. The van der Waals surface area contributed by atoms with Gasteiger partial charge in [-0.15, -0.1) is 0 Å². The van der Waals surface area contributed by atoms with Crippen LogP contribution in [0.5, 0.6) is 0 Å². The third kappa shape index (κ3) is 2.09. The molecule has 25 heavy (non-hydrogen) atoms. The summed E-state index contributed by atoms with van der Waals surface area (Å²) in [5, 5.41) is 4.88. The van der Waals surface area contributed by atoms with Crippen molar-refractivity contribution < 1.29 is 9.18 Å². The van der Waals surface area contributed by atoms with Crippen LogP contribution < -0.4 is 5.32 Å². The second-order valence-electron chi connectivity index (χ2n) is 6.49. The predicted molar refractivity (Wildman–Crippen MR) is 95.3 cm³/mol. The maximum atomic E-state index is 13.8. The van der Waals surface area contributed by atoms with E-state index in [1.165, 1.54) is 6.07 Å². The molecule has 3 N–H and O–H groups in total. The number of fused-ring (bicyclic) bond motifs is 4. The molecule has 0 aliphatic carbocycles. The SMILES string of the molecule is O=C1NCCC(c2c[nH]c3ccc(F)cc23)c2c1[nH]c1ccccc21. The molecule has 0 fully saturated rings. The summed E-state index contributed by atoms with van der Waals surface area (Å²) in [5.74, 6) is -0.323. The summed E-state index contributed by atoms with van der Waals surface area (Å²) < 4.78 is 13.8. The van der Waals surface area contributed by atoms with Crippen molar-refractivity contribution in [1.82, 2.24) is 15.3 Å². The van der Waals surface area contributed by atoms with Gasteiger partial charge >= 0.3 is 0 Å². The van der Waals surface area contributed by atoms with Gasteiger partial charge in [0.15, 0.2) is 0 Å². The number of halogens is 1. The first-order valence-corrected chi connectivity index (χ1v) is 8.37. The minimum absolute atomic E-state index is 0.0145. The zero-order valence-electron chi connectivity index (χ0n) is 13.4. The fraction of sp³-hybridized carbons (Fsp3) is 0.150. The Bertz CT molecular complexity index is 1120. The van der Waals surface area contributed by atoms with E-state index in [0.717, 1.165) is 39.4 Å². The van der Waals surface area contributed by atoms with E-state index in [1.807, 2.05) is 30.5 Å². The van der Waals surface area contributed by atoms with Crippen molar-refractivity contribution in [3.8, 4) is 0 Å². The molecule has 1 unspecified atom stereocenters. The first-order chi connectivity index (χ1) is 12.2. The molecule has 1 amide bonds. The Morgan fingerprint density at radius 3 is 2.84 bits per heavy atom. The summed E-state index contributed by atoms with van der Waals surface area (Å²) in [7, 11) is 0. The van der Waals surface area contributed by atoms with Gasteiger partial charge in [0, 0.05) is 40.5 Å². The Hall–Kier alpha value is -3.08. The molecule has 3 heterocycles. The molecule has 2 aromatic heterocycles. The van der Waals surface area contributed by atoms with E-state index in [4.69, 9.17) is 0 Å². The van der Waals surface area contributed by atoms with E-state index >= 15 is 0 Å². The maximum Gasteiger partial charge on any atom is 0.268 e. The van der Waals surface area contributed by atoms with Gasteiger partial charge in [-0.25, -0.2) is 4.39 Å². The Balaban J connectivity index is 1.80. The highest BCUT2D eigenvalue weighted by molar-refractivity contribution is 6.02. The van der Waals surface area contributed by atoms with Gasteiger partial charge in [0.05, 0.1) is 0 Å². The van der Waals surface area contributed by atoms with Crippen molar-refractivity contribution in [1.29, 1.82) is 0 Å². The smallest absolute Gasteiger partial charge is 0.268 e. The number of carbonyl (C=O) groups is 1. The Morgan fingerprint density at radius 2 is 1.92 bits per heavy atom. The Morgan fingerprint density at radius 1 is 1.04 bits per heavy atom. The molecule has 124 valence electrons. The number of rotatable bonds is 1. The van der Waals surface area contributed by atoms with Crippen LogP contribution in [0, 0.1) is 5.82 Å². The molecular formula is C20H16FN3O. The molecule has 5 heteroatoms. The highest BCUT2D eigenvalue weighted by Gasteiger charge is 2.29. The van der Waals surface area contributed by atoms with E-state index in [2.05, 4.69) is 15.3 Å². The Labute approximate surface area is 143 Å². The summed E-state index contributed by atoms with van der Waals surface area (Å²) in [6.45, 7) is 0.586. The summed E-state index contributed by atoms with van der Waals surface area (Å²) >= 11 is 0. The number of benzene rings is 2. The second kappa shape index (κ2) is 5.21. The average Bonchev–Trinajstić information content (AvgIpc) is 3.16. The summed E-state index contributed by atoms with van der Waals surface area (Å²) in [6, 6.07) is 12.7. The van der Waals surface area contributed by atoms with E-state index in [9.17, 15) is 9.18 Å². The molecule has 4 aromatic rings. The van der Waals surface area contributed by atoms with Gasteiger partial charge in [-0.3, -0.25) is 4.79 Å². The molecule has 4 nitrogen and oxygen atoms in total. The van der Waals surface area contributed by atoms with Gasteiger partial charge in [0.25, 0.3) is 5.91 Å². The molecular weight excluding hydrogens is 317 g/mol. The van der Waals surface area contributed by atoms with Crippen LogP contribution in [-0.2, 0) is 0 Å². The lowest BCUT2D eigenvalue weighted by Gasteiger charge is -2.15. The molecule has 0 bridgehead atoms. The number of hydrogen-bond acceptors (Lipinski definition) is 1. The van der Waals surface area contributed by atoms with Crippen LogP contribution in [0.15, 0.2) is 48.7 Å². The first kappa shape index (κ1) is 14.3. The molecule has 0 spiro atoms. The monoisotopic (exact) mass is 333 g/mol. The van der Waals surface area contributed by atoms with Gasteiger partial charge in [-0.1, -0.05) is 18.2 Å². The van der Waals surface area contributed by atoms with E-state index in [1.54, 1.807) is 12.1 Å². The lowest BCUT2D eigenvalue weighted by atomic mass is 9.87. The van der Waals surface area contributed by atoms with Gasteiger partial charge < -0.3 is 15.3 Å². The minimum Gasteiger partial charge on any atom is -0.361 e. The largest absolute Gasteiger partial charge is 0.361 e. The molecule has 0 radical (unpaired) electrons. The van der Waals surface area contributed by atoms with Gasteiger partial charge in [-0.2, -0.15) is 0 Å².